The van der Waals surface area contributed by atoms with Crippen LogP contribution >= 0.6 is 11.6 Å². The van der Waals surface area contributed by atoms with Gasteiger partial charge in [0.2, 0.25) is 0 Å². The summed E-state index contributed by atoms with van der Waals surface area (Å²) in [4.78, 5) is 11.3. The van der Waals surface area contributed by atoms with E-state index in [0.29, 0.717) is 5.15 Å². The van der Waals surface area contributed by atoms with Crippen LogP contribution in [0.2, 0.25) is 5.15 Å². The molecule has 2 unspecified atom stereocenters. The molecular formula is C11H13ClN4O. The number of fused-ring (bicyclic) bond motifs is 1. The number of hydrogen-bond acceptors (Lipinski definition) is 4. The van der Waals surface area contributed by atoms with Crippen molar-refractivity contribution < 1.29 is 5.11 Å². The zero-order valence-electron chi connectivity index (χ0n) is 9.15. The third kappa shape index (κ3) is 1.80. The molecule has 3 N–H and O–H groups in total. The van der Waals surface area contributed by atoms with E-state index < -0.39 is 0 Å². The van der Waals surface area contributed by atoms with Crippen LogP contribution in [0, 0.1) is 0 Å². The molecule has 0 aliphatic carbocycles. The quantitative estimate of drug-likeness (QED) is 0.707. The first-order valence-corrected chi connectivity index (χ1v) is 6.01. The fraction of sp³-hybridized carbons (Fsp3) is 0.455. The molecule has 3 heterocycles. The molecule has 0 aromatic carbocycles. The molecule has 5 nitrogen and oxygen atoms in total. The monoisotopic (exact) mass is 252 g/mol. The zero-order valence-corrected chi connectivity index (χ0v) is 9.91. The van der Waals surface area contributed by atoms with Gasteiger partial charge in [-0.15, -0.1) is 0 Å². The summed E-state index contributed by atoms with van der Waals surface area (Å²) >= 11 is 5.99. The predicted octanol–water partition coefficient (Wildman–Crippen LogP) is 1.40. The maximum absolute atomic E-state index is 9.12. The van der Waals surface area contributed by atoms with E-state index in [2.05, 4.69) is 20.3 Å². The van der Waals surface area contributed by atoms with Crippen LogP contribution in [0.3, 0.4) is 0 Å². The van der Waals surface area contributed by atoms with Crippen molar-refractivity contribution >= 4 is 22.6 Å². The van der Waals surface area contributed by atoms with E-state index in [9.17, 15) is 0 Å². The van der Waals surface area contributed by atoms with Gasteiger partial charge in [0.1, 0.15) is 11.8 Å². The lowest BCUT2D eigenvalue weighted by Gasteiger charge is -2.11. The van der Waals surface area contributed by atoms with Crippen LogP contribution < -0.4 is 5.32 Å². The van der Waals surface area contributed by atoms with Crippen LogP contribution in [0.25, 0.3) is 11.0 Å². The summed E-state index contributed by atoms with van der Waals surface area (Å²) in [6.45, 7) is 0.175. The molecule has 0 amide bonds. The molecule has 90 valence electrons. The van der Waals surface area contributed by atoms with Crippen LogP contribution in [-0.4, -0.2) is 32.7 Å². The molecule has 0 spiro atoms. The van der Waals surface area contributed by atoms with Crippen molar-refractivity contribution in [2.45, 2.75) is 24.9 Å². The van der Waals surface area contributed by atoms with Crippen molar-refractivity contribution in [2.24, 2.45) is 0 Å². The maximum atomic E-state index is 9.12. The second-order valence-corrected chi connectivity index (χ2v) is 4.67. The van der Waals surface area contributed by atoms with E-state index in [1.807, 2.05) is 6.20 Å². The van der Waals surface area contributed by atoms with Crippen molar-refractivity contribution in [3.05, 3.63) is 23.2 Å². The zero-order chi connectivity index (χ0) is 11.8. The first-order valence-electron chi connectivity index (χ1n) is 5.64. The van der Waals surface area contributed by atoms with Gasteiger partial charge in [-0.2, -0.15) is 0 Å². The highest BCUT2D eigenvalue weighted by Crippen LogP contribution is 2.31. The number of nitrogens with one attached hydrogen (secondary N) is 2. The number of rotatable bonds is 2. The lowest BCUT2D eigenvalue weighted by molar-refractivity contribution is 0.252. The van der Waals surface area contributed by atoms with Crippen molar-refractivity contribution in [2.75, 3.05) is 6.61 Å². The molecule has 0 radical (unpaired) electrons. The average Bonchev–Trinajstić information content (AvgIpc) is 2.94. The highest BCUT2D eigenvalue weighted by molar-refractivity contribution is 6.33. The number of hydrogen-bond donors (Lipinski definition) is 3. The van der Waals surface area contributed by atoms with Gasteiger partial charge in [0, 0.05) is 23.8 Å². The summed E-state index contributed by atoms with van der Waals surface area (Å²) in [5, 5.41) is 12.9. The lowest BCUT2D eigenvalue weighted by atomic mass is 10.1. The van der Waals surface area contributed by atoms with E-state index in [-0.39, 0.29) is 18.7 Å². The number of H-pyrrole nitrogens is 1. The summed E-state index contributed by atoms with van der Waals surface area (Å²) in [6.07, 6.45) is 5.37. The normalized spacial score (nSPS) is 24.6. The molecule has 17 heavy (non-hydrogen) atoms. The molecule has 3 rings (SSSR count). The van der Waals surface area contributed by atoms with Gasteiger partial charge in [-0.25, -0.2) is 9.97 Å². The minimum atomic E-state index is 0.175. The fourth-order valence-corrected chi connectivity index (χ4v) is 2.59. The minimum Gasteiger partial charge on any atom is -0.395 e. The number of aromatic amines is 1. The first-order chi connectivity index (χ1) is 8.29. The predicted molar refractivity (Wildman–Crippen MR) is 64.9 cm³/mol. The molecule has 2 aromatic heterocycles. The number of aliphatic hydroxyl groups is 1. The molecule has 2 aromatic rings. The van der Waals surface area contributed by atoms with E-state index in [1.54, 1.807) is 0 Å². The Labute approximate surface area is 103 Å². The van der Waals surface area contributed by atoms with Crippen molar-refractivity contribution in [1.29, 1.82) is 0 Å². The molecule has 1 aliphatic rings. The van der Waals surface area contributed by atoms with Crippen molar-refractivity contribution in [3.8, 4) is 0 Å². The van der Waals surface area contributed by atoms with E-state index in [1.165, 1.54) is 6.33 Å². The molecule has 0 bridgehead atoms. The Morgan fingerprint density at radius 2 is 2.29 bits per heavy atom. The van der Waals surface area contributed by atoms with E-state index in [0.717, 1.165) is 29.4 Å². The first kappa shape index (κ1) is 11.0. The van der Waals surface area contributed by atoms with Gasteiger partial charge >= 0.3 is 0 Å². The molecule has 1 fully saturated rings. The van der Waals surface area contributed by atoms with E-state index in [4.69, 9.17) is 16.7 Å². The van der Waals surface area contributed by atoms with Gasteiger partial charge < -0.3 is 15.4 Å². The van der Waals surface area contributed by atoms with Gasteiger partial charge in [0.25, 0.3) is 0 Å². The van der Waals surface area contributed by atoms with Gasteiger partial charge in [-0.05, 0) is 12.8 Å². The minimum absolute atomic E-state index is 0.175. The number of nitrogens with zero attached hydrogens (tertiary/aromatic N) is 2. The molecule has 0 saturated carbocycles. The van der Waals surface area contributed by atoms with Gasteiger partial charge in [-0.1, -0.05) is 11.6 Å². The second-order valence-electron chi connectivity index (χ2n) is 4.31. The Balaban J connectivity index is 1.99. The number of halogens is 1. The van der Waals surface area contributed by atoms with Crippen LogP contribution in [0.5, 0.6) is 0 Å². The molecular weight excluding hydrogens is 240 g/mol. The van der Waals surface area contributed by atoms with Crippen LogP contribution in [-0.2, 0) is 0 Å². The highest BCUT2D eigenvalue weighted by Gasteiger charge is 2.26. The van der Waals surface area contributed by atoms with Gasteiger partial charge in [-0.3, -0.25) is 0 Å². The SMILES string of the molecule is OCC1CCC(c2c[nH]c3c(Cl)ncnc23)N1. The van der Waals surface area contributed by atoms with Crippen molar-refractivity contribution in [1.82, 2.24) is 20.3 Å². The highest BCUT2D eigenvalue weighted by atomic mass is 35.5. The van der Waals surface area contributed by atoms with E-state index >= 15 is 0 Å². The Morgan fingerprint density at radius 3 is 3.06 bits per heavy atom. The number of aromatic nitrogens is 3. The Bertz CT molecular complexity index is 541. The topological polar surface area (TPSA) is 73.8 Å². The van der Waals surface area contributed by atoms with Crippen LogP contribution in [0.15, 0.2) is 12.5 Å². The number of aliphatic hydroxyl groups excluding tert-OH is 1. The lowest BCUT2D eigenvalue weighted by Crippen LogP contribution is -2.27. The molecule has 1 aliphatic heterocycles. The summed E-state index contributed by atoms with van der Waals surface area (Å²) in [5.74, 6) is 0. The largest absolute Gasteiger partial charge is 0.395 e. The maximum Gasteiger partial charge on any atom is 0.156 e. The Morgan fingerprint density at radius 1 is 1.41 bits per heavy atom. The Hall–Kier alpha value is -1.17. The molecule has 1 saturated heterocycles. The third-order valence-electron chi connectivity index (χ3n) is 3.28. The summed E-state index contributed by atoms with van der Waals surface area (Å²) in [6, 6.07) is 0.411. The molecule has 6 heteroatoms. The Kier molecular flexibility index (Phi) is 2.74. The summed E-state index contributed by atoms with van der Waals surface area (Å²) in [5.41, 5.74) is 2.74. The smallest absolute Gasteiger partial charge is 0.156 e. The molecule has 2 atom stereocenters. The van der Waals surface area contributed by atoms with Gasteiger partial charge in [0.05, 0.1) is 12.1 Å². The van der Waals surface area contributed by atoms with Crippen molar-refractivity contribution in [3.63, 3.8) is 0 Å². The standard InChI is InChI=1S/C11H13ClN4O/c12-11-10-9(14-5-15-11)7(3-13-10)8-2-1-6(4-17)16-8/h3,5-6,8,13,16-17H,1-2,4H2. The van der Waals surface area contributed by atoms with Crippen LogP contribution in [0.4, 0.5) is 0 Å². The fourth-order valence-electron chi connectivity index (χ4n) is 2.40. The summed E-state index contributed by atoms with van der Waals surface area (Å²) < 4.78 is 0. The third-order valence-corrected chi connectivity index (χ3v) is 3.57. The second kappa shape index (κ2) is 4.25. The average molecular weight is 253 g/mol. The van der Waals surface area contributed by atoms with Gasteiger partial charge in [0.15, 0.2) is 5.15 Å². The van der Waals surface area contributed by atoms with Crippen LogP contribution in [0.1, 0.15) is 24.4 Å². The summed E-state index contributed by atoms with van der Waals surface area (Å²) in [7, 11) is 0.